The number of benzene rings is 2. The molecule has 0 unspecified atom stereocenters. The number of nitrogens with one attached hydrogen (secondary N) is 2. The molecule has 0 saturated carbocycles. The van der Waals surface area contributed by atoms with Gasteiger partial charge in [-0.2, -0.15) is 0 Å². The van der Waals surface area contributed by atoms with E-state index in [1.54, 1.807) is 12.1 Å². The molecular formula is C21H26N2O. The van der Waals surface area contributed by atoms with Gasteiger partial charge in [0.2, 0.25) is 0 Å². The highest BCUT2D eigenvalue weighted by Crippen LogP contribution is 2.30. The largest absolute Gasteiger partial charge is 0.342 e. The van der Waals surface area contributed by atoms with Crippen molar-refractivity contribution in [3.05, 3.63) is 77.1 Å². The van der Waals surface area contributed by atoms with E-state index < -0.39 is 0 Å². The zero-order valence-electron chi connectivity index (χ0n) is 15.2. The van der Waals surface area contributed by atoms with Gasteiger partial charge in [-0.3, -0.25) is 4.79 Å². The fourth-order valence-electron chi connectivity index (χ4n) is 2.75. The van der Waals surface area contributed by atoms with Gasteiger partial charge in [0.1, 0.15) is 5.82 Å². The molecule has 0 heterocycles. The summed E-state index contributed by atoms with van der Waals surface area (Å²) in [5.74, 6) is 0.295. The highest BCUT2D eigenvalue weighted by Gasteiger charge is 2.18. The lowest BCUT2D eigenvalue weighted by molar-refractivity contribution is 0.0966. The Morgan fingerprint density at radius 1 is 1.00 bits per heavy atom. The summed E-state index contributed by atoms with van der Waals surface area (Å²) in [6, 6.07) is 13.4. The summed E-state index contributed by atoms with van der Waals surface area (Å²) in [6.07, 6.45) is 0. The standard InChI is InChI=1S/C21H26N2O/c1-14-13-19(15(2)12-18(14)21(4,5)6)22-16(3)23-20(24)17-10-8-7-9-11-17/h7-13,22H,3H2,1-2,4-6H3,(H,23,24). The van der Waals surface area contributed by atoms with E-state index in [1.165, 1.54) is 11.1 Å². The van der Waals surface area contributed by atoms with Gasteiger partial charge < -0.3 is 10.6 Å². The highest BCUT2D eigenvalue weighted by atomic mass is 16.1. The van der Waals surface area contributed by atoms with Crippen LogP contribution in [0.1, 0.15) is 47.8 Å². The van der Waals surface area contributed by atoms with E-state index in [9.17, 15) is 4.79 Å². The van der Waals surface area contributed by atoms with Gasteiger partial charge in [0.25, 0.3) is 5.91 Å². The average molecular weight is 322 g/mol. The van der Waals surface area contributed by atoms with E-state index in [0.29, 0.717) is 11.4 Å². The molecule has 0 aliphatic rings. The second-order valence-corrected chi connectivity index (χ2v) is 7.16. The number of carbonyl (C=O) groups is 1. The first-order valence-corrected chi connectivity index (χ1v) is 8.12. The van der Waals surface area contributed by atoms with Gasteiger partial charge in [-0.1, -0.05) is 51.6 Å². The summed E-state index contributed by atoms with van der Waals surface area (Å²) in [7, 11) is 0. The number of rotatable bonds is 4. The fourth-order valence-corrected chi connectivity index (χ4v) is 2.75. The Bertz CT molecular complexity index is 755. The van der Waals surface area contributed by atoms with Crippen LogP contribution in [0.5, 0.6) is 0 Å². The maximum atomic E-state index is 12.2. The Morgan fingerprint density at radius 2 is 1.62 bits per heavy atom. The molecule has 3 nitrogen and oxygen atoms in total. The molecule has 0 fully saturated rings. The molecule has 3 heteroatoms. The molecular weight excluding hydrogens is 296 g/mol. The molecule has 0 radical (unpaired) electrons. The van der Waals surface area contributed by atoms with Crippen LogP contribution in [-0.2, 0) is 5.41 Å². The van der Waals surface area contributed by atoms with Crippen molar-refractivity contribution >= 4 is 11.6 Å². The van der Waals surface area contributed by atoms with E-state index >= 15 is 0 Å². The topological polar surface area (TPSA) is 41.1 Å². The molecule has 24 heavy (non-hydrogen) atoms. The van der Waals surface area contributed by atoms with Crippen molar-refractivity contribution in [1.82, 2.24) is 5.32 Å². The molecule has 126 valence electrons. The van der Waals surface area contributed by atoms with Gasteiger partial charge in [0.05, 0.1) is 0 Å². The number of amides is 1. The maximum absolute atomic E-state index is 12.2. The van der Waals surface area contributed by atoms with Crippen LogP contribution in [-0.4, -0.2) is 5.91 Å². The van der Waals surface area contributed by atoms with Crippen molar-refractivity contribution in [3.63, 3.8) is 0 Å². The Kier molecular flexibility index (Phi) is 5.13. The number of hydrogen-bond donors (Lipinski definition) is 2. The van der Waals surface area contributed by atoms with Gasteiger partial charge in [-0.25, -0.2) is 0 Å². The molecule has 0 saturated heterocycles. The SMILES string of the molecule is C=C(NC(=O)c1ccccc1)Nc1cc(C)c(C(C)(C)C)cc1C. The summed E-state index contributed by atoms with van der Waals surface area (Å²) in [4.78, 5) is 12.2. The Morgan fingerprint density at radius 3 is 2.21 bits per heavy atom. The first-order valence-electron chi connectivity index (χ1n) is 8.12. The van der Waals surface area contributed by atoms with Gasteiger partial charge >= 0.3 is 0 Å². The van der Waals surface area contributed by atoms with Crippen molar-refractivity contribution < 1.29 is 4.79 Å². The Labute approximate surface area is 144 Å². The highest BCUT2D eigenvalue weighted by molar-refractivity contribution is 5.95. The summed E-state index contributed by atoms with van der Waals surface area (Å²) < 4.78 is 0. The summed E-state index contributed by atoms with van der Waals surface area (Å²) in [6.45, 7) is 14.7. The van der Waals surface area contributed by atoms with E-state index in [1.807, 2.05) is 18.2 Å². The third kappa shape index (κ3) is 4.25. The van der Waals surface area contributed by atoms with Gasteiger partial charge in [-0.05, 0) is 54.2 Å². The molecule has 0 spiro atoms. The third-order valence-electron chi connectivity index (χ3n) is 3.97. The van der Waals surface area contributed by atoms with Crippen molar-refractivity contribution in [2.24, 2.45) is 0 Å². The quantitative estimate of drug-likeness (QED) is 0.839. The lowest BCUT2D eigenvalue weighted by Crippen LogP contribution is -2.26. The van der Waals surface area contributed by atoms with E-state index in [2.05, 4.69) is 64.0 Å². The summed E-state index contributed by atoms with van der Waals surface area (Å²) in [5, 5.41) is 6.00. The lowest BCUT2D eigenvalue weighted by Gasteiger charge is -2.24. The zero-order valence-corrected chi connectivity index (χ0v) is 15.2. The number of aryl methyl sites for hydroxylation is 2. The van der Waals surface area contributed by atoms with Gasteiger partial charge in [0.15, 0.2) is 0 Å². The molecule has 0 aliphatic carbocycles. The summed E-state index contributed by atoms with van der Waals surface area (Å²) >= 11 is 0. The van der Waals surface area contributed by atoms with Crippen molar-refractivity contribution in [2.45, 2.75) is 40.0 Å². The van der Waals surface area contributed by atoms with Crippen LogP contribution in [0.25, 0.3) is 0 Å². The molecule has 0 bridgehead atoms. The molecule has 0 aromatic heterocycles. The Balaban J connectivity index is 2.12. The molecule has 0 aliphatic heterocycles. The number of carbonyl (C=O) groups excluding carboxylic acids is 1. The van der Waals surface area contributed by atoms with Crippen molar-refractivity contribution in [1.29, 1.82) is 0 Å². The molecule has 0 atom stereocenters. The van der Waals surface area contributed by atoms with Crippen LogP contribution < -0.4 is 10.6 Å². The van der Waals surface area contributed by atoms with Gasteiger partial charge in [-0.15, -0.1) is 0 Å². The van der Waals surface area contributed by atoms with Crippen LogP contribution in [0.2, 0.25) is 0 Å². The van der Waals surface area contributed by atoms with Crippen LogP contribution in [0.4, 0.5) is 5.69 Å². The average Bonchev–Trinajstić information content (AvgIpc) is 2.50. The summed E-state index contributed by atoms with van der Waals surface area (Å²) in [5.41, 5.74) is 5.34. The minimum atomic E-state index is -0.172. The van der Waals surface area contributed by atoms with E-state index in [0.717, 1.165) is 11.3 Å². The van der Waals surface area contributed by atoms with Crippen LogP contribution in [0.3, 0.4) is 0 Å². The minimum Gasteiger partial charge on any atom is -0.342 e. The smallest absolute Gasteiger partial charge is 0.256 e. The normalized spacial score (nSPS) is 11.0. The third-order valence-corrected chi connectivity index (χ3v) is 3.97. The fraction of sp³-hybridized carbons (Fsp3) is 0.286. The van der Waals surface area contributed by atoms with Gasteiger partial charge in [0, 0.05) is 11.3 Å². The molecule has 2 aromatic carbocycles. The monoisotopic (exact) mass is 322 g/mol. The first-order chi connectivity index (χ1) is 11.2. The lowest BCUT2D eigenvalue weighted by atomic mass is 9.83. The van der Waals surface area contributed by atoms with Crippen LogP contribution in [0.15, 0.2) is 54.9 Å². The predicted octanol–water partition coefficient (Wildman–Crippen LogP) is 4.91. The van der Waals surface area contributed by atoms with E-state index in [4.69, 9.17) is 0 Å². The number of anilines is 1. The molecule has 2 N–H and O–H groups in total. The van der Waals surface area contributed by atoms with Crippen molar-refractivity contribution in [3.8, 4) is 0 Å². The Hall–Kier alpha value is -2.55. The number of hydrogen-bond acceptors (Lipinski definition) is 2. The van der Waals surface area contributed by atoms with E-state index in [-0.39, 0.29) is 11.3 Å². The van der Waals surface area contributed by atoms with Crippen molar-refractivity contribution in [2.75, 3.05) is 5.32 Å². The maximum Gasteiger partial charge on any atom is 0.256 e. The second kappa shape index (κ2) is 6.91. The van der Waals surface area contributed by atoms with Crippen LogP contribution in [0, 0.1) is 13.8 Å². The zero-order chi connectivity index (χ0) is 17.9. The van der Waals surface area contributed by atoms with Crippen LogP contribution >= 0.6 is 0 Å². The minimum absolute atomic E-state index is 0.103. The second-order valence-electron chi connectivity index (χ2n) is 7.16. The molecule has 1 amide bonds. The molecule has 2 rings (SSSR count). The molecule has 2 aromatic rings. The first kappa shape index (κ1) is 17.8. The predicted molar refractivity (Wildman–Crippen MR) is 101 cm³/mol.